The Morgan fingerprint density at radius 1 is 1.12 bits per heavy atom. The molecule has 2 aliphatic heterocycles. The molecule has 25 heavy (non-hydrogen) atoms. The van der Waals surface area contributed by atoms with Crippen LogP contribution in [0.1, 0.15) is 36.2 Å². The molecule has 1 aromatic heterocycles. The number of carbonyl (C=O) groups is 2. The molecule has 0 saturated carbocycles. The van der Waals surface area contributed by atoms with Crippen LogP contribution in [0.15, 0.2) is 6.07 Å². The first-order chi connectivity index (χ1) is 12.0. The summed E-state index contributed by atoms with van der Waals surface area (Å²) in [4.78, 5) is 29.0. The number of hydrogen-bond donors (Lipinski definition) is 0. The molecule has 2 saturated heterocycles. The van der Waals surface area contributed by atoms with Crippen molar-refractivity contribution in [2.75, 3.05) is 32.8 Å². The molecule has 0 radical (unpaired) electrons. The van der Waals surface area contributed by atoms with Gasteiger partial charge in [-0.1, -0.05) is 0 Å². The van der Waals surface area contributed by atoms with Gasteiger partial charge in [-0.05, 0) is 44.7 Å². The van der Waals surface area contributed by atoms with Crippen molar-refractivity contribution in [1.82, 2.24) is 14.4 Å². The Morgan fingerprint density at radius 3 is 2.48 bits per heavy atom. The summed E-state index contributed by atoms with van der Waals surface area (Å²) in [5.41, 5.74) is 3.42. The Balaban J connectivity index is 1.57. The molecule has 2 aliphatic rings. The van der Waals surface area contributed by atoms with Crippen molar-refractivity contribution in [2.45, 2.75) is 45.6 Å². The van der Waals surface area contributed by atoms with Gasteiger partial charge in [0.1, 0.15) is 6.10 Å². The predicted molar refractivity (Wildman–Crippen MR) is 95.3 cm³/mol. The highest BCUT2D eigenvalue weighted by atomic mass is 16.5. The number of aryl methyl sites for hydroxylation is 1. The van der Waals surface area contributed by atoms with Gasteiger partial charge < -0.3 is 19.1 Å². The van der Waals surface area contributed by atoms with Crippen molar-refractivity contribution >= 4 is 11.8 Å². The van der Waals surface area contributed by atoms with E-state index in [4.69, 9.17) is 4.74 Å². The number of rotatable bonds is 3. The molecular formula is C19H29N3O3. The molecule has 0 N–H and O–H groups in total. The van der Waals surface area contributed by atoms with Gasteiger partial charge >= 0.3 is 0 Å². The fourth-order valence-corrected chi connectivity index (χ4v) is 3.75. The quantitative estimate of drug-likeness (QED) is 0.831. The number of ether oxygens (including phenoxy) is 1. The summed E-state index contributed by atoms with van der Waals surface area (Å²) in [7, 11) is 2.03. The largest absolute Gasteiger partial charge is 0.368 e. The number of carbonyl (C=O) groups excluding carboxylic acids is 2. The first-order valence-electron chi connectivity index (χ1n) is 9.27. The van der Waals surface area contributed by atoms with E-state index in [0.717, 1.165) is 37.1 Å². The summed E-state index contributed by atoms with van der Waals surface area (Å²) in [5, 5.41) is 0. The van der Waals surface area contributed by atoms with E-state index in [0.29, 0.717) is 32.7 Å². The molecule has 0 bridgehead atoms. The lowest BCUT2D eigenvalue weighted by Gasteiger charge is -2.24. The van der Waals surface area contributed by atoms with Crippen molar-refractivity contribution in [3.05, 3.63) is 23.0 Å². The van der Waals surface area contributed by atoms with Crippen LogP contribution < -0.4 is 0 Å². The first kappa shape index (κ1) is 18.0. The van der Waals surface area contributed by atoms with Gasteiger partial charge in [-0.3, -0.25) is 9.59 Å². The molecule has 2 fully saturated rings. The molecule has 1 atom stereocenters. The minimum Gasteiger partial charge on any atom is -0.368 e. The number of nitrogens with zero attached hydrogens (tertiary/aromatic N) is 3. The second-order valence-electron chi connectivity index (χ2n) is 7.19. The molecule has 1 aromatic rings. The lowest BCUT2D eigenvalue weighted by Crippen LogP contribution is -2.42. The lowest BCUT2D eigenvalue weighted by atomic mass is 10.1. The Morgan fingerprint density at radius 2 is 1.84 bits per heavy atom. The summed E-state index contributed by atoms with van der Waals surface area (Å²) in [6, 6.07) is 2.10. The van der Waals surface area contributed by atoms with Crippen molar-refractivity contribution in [1.29, 1.82) is 0 Å². The highest BCUT2D eigenvalue weighted by Gasteiger charge is 2.30. The van der Waals surface area contributed by atoms with Crippen LogP contribution in [0.2, 0.25) is 0 Å². The lowest BCUT2D eigenvalue weighted by molar-refractivity contribution is -0.141. The Kier molecular flexibility index (Phi) is 5.47. The SMILES string of the molecule is Cc1cc(CC(=O)N2CCCN(C(=O)C3CCCO3)CC2)c(C)n1C. The Hall–Kier alpha value is -1.82. The molecule has 138 valence electrons. The highest BCUT2D eigenvalue weighted by Crippen LogP contribution is 2.18. The van der Waals surface area contributed by atoms with E-state index in [2.05, 4.69) is 24.5 Å². The molecule has 0 spiro atoms. The molecule has 0 aliphatic carbocycles. The summed E-state index contributed by atoms with van der Waals surface area (Å²) in [5.74, 6) is 0.251. The zero-order chi connectivity index (χ0) is 18.0. The molecule has 0 aromatic carbocycles. The second kappa shape index (κ2) is 7.60. The normalized spacial score (nSPS) is 21.5. The number of hydrogen-bond acceptors (Lipinski definition) is 3. The summed E-state index contributed by atoms with van der Waals surface area (Å²) >= 11 is 0. The maximum atomic E-state index is 12.7. The Bertz CT molecular complexity index is 647. The maximum absolute atomic E-state index is 12.7. The van der Waals surface area contributed by atoms with Gasteiger partial charge in [0.15, 0.2) is 0 Å². The van der Waals surface area contributed by atoms with Crippen molar-refractivity contribution in [2.24, 2.45) is 7.05 Å². The van der Waals surface area contributed by atoms with E-state index >= 15 is 0 Å². The van der Waals surface area contributed by atoms with Crippen LogP contribution in [0.3, 0.4) is 0 Å². The molecule has 1 unspecified atom stereocenters. The zero-order valence-corrected chi connectivity index (χ0v) is 15.6. The van der Waals surface area contributed by atoms with E-state index in [9.17, 15) is 9.59 Å². The molecule has 2 amide bonds. The Labute approximate surface area is 149 Å². The summed E-state index contributed by atoms with van der Waals surface area (Å²) in [6.45, 7) is 7.45. The van der Waals surface area contributed by atoms with Crippen LogP contribution in [0, 0.1) is 13.8 Å². The first-order valence-corrected chi connectivity index (χ1v) is 9.27. The molecular weight excluding hydrogens is 318 g/mol. The molecule has 6 heteroatoms. The number of amides is 2. The number of aromatic nitrogens is 1. The third-order valence-electron chi connectivity index (χ3n) is 5.59. The monoisotopic (exact) mass is 347 g/mol. The van der Waals surface area contributed by atoms with Crippen molar-refractivity contribution < 1.29 is 14.3 Å². The minimum absolute atomic E-state index is 0.0985. The topological polar surface area (TPSA) is 54.8 Å². The van der Waals surface area contributed by atoms with E-state index in [1.54, 1.807) is 0 Å². The third-order valence-corrected chi connectivity index (χ3v) is 5.59. The van der Waals surface area contributed by atoms with Crippen LogP contribution >= 0.6 is 0 Å². The molecule has 3 rings (SSSR count). The van der Waals surface area contributed by atoms with Gasteiger partial charge in [-0.15, -0.1) is 0 Å². The van der Waals surface area contributed by atoms with Gasteiger partial charge in [0, 0.05) is 51.2 Å². The van der Waals surface area contributed by atoms with Gasteiger partial charge in [0.2, 0.25) is 5.91 Å². The van der Waals surface area contributed by atoms with E-state index in [1.165, 1.54) is 5.69 Å². The van der Waals surface area contributed by atoms with Crippen LogP contribution in [0.25, 0.3) is 0 Å². The van der Waals surface area contributed by atoms with Crippen LogP contribution in [-0.4, -0.2) is 65.1 Å². The van der Waals surface area contributed by atoms with E-state index < -0.39 is 0 Å². The van der Waals surface area contributed by atoms with E-state index in [1.807, 2.05) is 16.8 Å². The highest BCUT2D eigenvalue weighted by molar-refractivity contribution is 5.82. The molecule has 6 nitrogen and oxygen atoms in total. The van der Waals surface area contributed by atoms with Crippen LogP contribution in [-0.2, 0) is 27.8 Å². The second-order valence-corrected chi connectivity index (χ2v) is 7.19. The summed E-state index contributed by atoms with van der Waals surface area (Å²) < 4.78 is 7.63. The van der Waals surface area contributed by atoms with E-state index in [-0.39, 0.29) is 17.9 Å². The fourth-order valence-electron chi connectivity index (χ4n) is 3.75. The van der Waals surface area contributed by atoms with Gasteiger partial charge in [0.25, 0.3) is 5.91 Å². The van der Waals surface area contributed by atoms with Gasteiger partial charge in [-0.25, -0.2) is 0 Å². The van der Waals surface area contributed by atoms with Crippen LogP contribution in [0.5, 0.6) is 0 Å². The maximum Gasteiger partial charge on any atom is 0.251 e. The molecule has 3 heterocycles. The third kappa shape index (κ3) is 3.89. The summed E-state index contributed by atoms with van der Waals surface area (Å²) in [6.07, 6.45) is 2.79. The van der Waals surface area contributed by atoms with Crippen molar-refractivity contribution in [3.63, 3.8) is 0 Å². The average molecular weight is 347 g/mol. The fraction of sp³-hybridized carbons (Fsp3) is 0.684. The minimum atomic E-state index is -0.266. The van der Waals surface area contributed by atoms with Crippen molar-refractivity contribution in [3.8, 4) is 0 Å². The van der Waals surface area contributed by atoms with Gasteiger partial charge in [0.05, 0.1) is 6.42 Å². The standard InChI is InChI=1S/C19H29N3O3/c1-14-12-16(15(2)20(14)3)13-18(23)21-7-5-8-22(10-9-21)19(24)17-6-4-11-25-17/h12,17H,4-11,13H2,1-3H3. The zero-order valence-electron chi connectivity index (χ0n) is 15.6. The average Bonchev–Trinajstić information content (AvgIpc) is 3.12. The predicted octanol–water partition coefficient (Wildman–Crippen LogP) is 1.42. The van der Waals surface area contributed by atoms with Gasteiger partial charge in [-0.2, -0.15) is 0 Å². The smallest absolute Gasteiger partial charge is 0.251 e. The van der Waals surface area contributed by atoms with Crippen LogP contribution in [0.4, 0.5) is 0 Å².